The van der Waals surface area contributed by atoms with Gasteiger partial charge in [0.05, 0.1) is 18.4 Å². The minimum atomic E-state index is -0.504. The Morgan fingerprint density at radius 3 is 2.88 bits per heavy atom. The van der Waals surface area contributed by atoms with Gasteiger partial charge in [-0.25, -0.2) is 9.37 Å². The number of carbonyl (C=O) groups excluding carboxylic acids is 2. The number of halogens is 1. The molecule has 2 amide bonds. The first-order chi connectivity index (χ1) is 12.4. The number of rotatable bonds is 4. The fourth-order valence-corrected chi connectivity index (χ4v) is 3.38. The molecule has 3 N–H and O–H groups in total. The van der Waals surface area contributed by atoms with Crippen molar-refractivity contribution in [3.8, 4) is 11.3 Å². The molecule has 1 aromatic carbocycles. The largest absolute Gasteiger partial charge is 0.375 e. The standard InChI is InChI=1S/C17H19FN4O3S/c1-9-15(19-5-6-25-9)16(24)22-17-21-14(8-26-17)12-4-3-11(7-13(12)18)20-10(2)23/h3-4,7-9,15,19H,5-6H2,1-2H3,(H,20,23)(H,21,22,24)/t9-,15+/m1/s1. The van der Waals surface area contributed by atoms with Crippen molar-refractivity contribution >= 4 is 34.0 Å². The Kier molecular flexibility index (Phi) is 5.60. The van der Waals surface area contributed by atoms with E-state index in [1.165, 1.54) is 24.3 Å². The summed E-state index contributed by atoms with van der Waals surface area (Å²) in [5, 5.41) is 10.4. The molecule has 2 atom stereocenters. The minimum Gasteiger partial charge on any atom is -0.375 e. The van der Waals surface area contributed by atoms with Gasteiger partial charge < -0.3 is 20.7 Å². The van der Waals surface area contributed by atoms with Crippen molar-refractivity contribution in [1.82, 2.24) is 10.3 Å². The Labute approximate surface area is 154 Å². The van der Waals surface area contributed by atoms with Crippen LogP contribution in [0.1, 0.15) is 13.8 Å². The van der Waals surface area contributed by atoms with Gasteiger partial charge in [0.2, 0.25) is 11.8 Å². The minimum absolute atomic E-state index is 0.234. The predicted octanol–water partition coefficient (Wildman–Crippen LogP) is 2.22. The van der Waals surface area contributed by atoms with Gasteiger partial charge >= 0.3 is 0 Å². The molecule has 0 radical (unpaired) electrons. The van der Waals surface area contributed by atoms with Crippen molar-refractivity contribution in [2.75, 3.05) is 23.8 Å². The Hall–Kier alpha value is -2.36. The molecule has 9 heteroatoms. The number of aromatic nitrogens is 1. The molecule has 0 saturated carbocycles. The number of nitrogens with zero attached hydrogens (tertiary/aromatic N) is 1. The van der Waals surface area contributed by atoms with Gasteiger partial charge in [-0.15, -0.1) is 11.3 Å². The molecule has 0 aliphatic carbocycles. The molecule has 7 nitrogen and oxygen atoms in total. The fraction of sp³-hybridized carbons (Fsp3) is 0.353. The van der Waals surface area contributed by atoms with Crippen LogP contribution in [0.3, 0.4) is 0 Å². The highest BCUT2D eigenvalue weighted by atomic mass is 32.1. The van der Waals surface area contributed by atoms with Crippen LogP contribution >= 0.6 is 11.3 Å². The second-order valence-corrected chi connectivity index (χ2v) is 6.77. The molecule has 1 aromatic heterocycles. The normalized spacial score (nSPS) is 19.8. The third kappa shape index (κ3) is 4.24. The van der Waals surface area contributed by atoms with Crippen molar-refractivity contribution in [3.05, 3.63) is 29.4 Å². The third-order valence-corrected chi connectivity index (χ3v) is 4.66. The van der Waals surface area contributed by atoms with E-state index in [0.29, 0.717) is 35.2 Å². The van der Waals surface area contributed by atoms with Crippen molar-refractivity contribution in [1.29, 1.82) is 0 Å². The number of carbonyl (C=O) groups is 2. The third-order valence-electron chi connectivity index (χ3n) is 3.90. The van der Waals surface area contributed by atoms with Gasteiger partial charge in [0, 0.05) is 30.1 Å². The topological polar surface area (TPSA) is 92.4 Å². The maximum atomic E-state index is 14.3. The summed E-state index contributed by atoms with van der Waals surface area (Å²) >= 11 is 1.21. The average Bonchev–Trinajstić information content (AvgIpc) is 3.03. The summed E-state index contributed by atoms with van der Waals surface area (Å²) in [4.78, 5) is 27.7. The zero-order valence-corrected chi connectivity index (χ0v) is 15.2. The molecule has 1 aliphatic rings. The number of amides is 2. The molecule has 1 fully saturated rings. The van der Waals surface area contributed by atoms with Crippen LogP contribution in [0.2, 0.25) is 0 Å². The fourth-order valence-electron chi connectivity index (χ4n) is 2.67. The van der Waals surface area contributed by atoms with Crippen LogP contribution in [0.4, 0.5) is 15.2 Å². The number of thiazole rings is 1. The molecule has 0 spiro atoms. The van der Waals surface area contributed by atoms with Crippen LogP contribution in [-0.2, 0) is 14.3 Å². The molecule has 1 aliphatic heterocycles. The number of morpholine rings is 1. The molecular weight excluding hydrogens is 359 g/mol. The van der Waals surface area contributed by atoms with Crippen LogP contribution in [0, 0.1) is 5.82 Å². The van der Waals surface area contributed by atoms with E-state index in [2.05, 4.69) is 20.9 Å². The lowest BCUT2D eigenvalue weighted by molar-refractivity contribution is -0.123. The Morgan fingerprint density at radius 2 is 2.19 bits per heavy atom. The summed E-state index contributed by atoms with van der Waals surface area (Å²) in [5.74, 6) is -1.01. The van der Waals surface area contributed by atoms with Gasteiger partial charge in [-0.05, 0) is 25.1 Å². The number of anilines is 2. The second-order valence-electron chi connectivity index (χ2n) is 5.91. The second kappa shape index (κ2) is 7.90. The Balaban J connectivity index is 1.71. The monoisotopic (exact) mass is 378 g/mol. The lowest BCUT2D eigenvalue weighted by Crippen LogP contribution is -2.53. The average molecular weight is 378 g/mol. The summed E-state index contributed by atoms with van der Waals surface area (Å²) in [7, 11) is 0. The highest BCUT2D eigenvalue weighted by molar-refractivity contribution is 7.14. The summed E-state index contributed by atoms with van der Waals surface area (Å²) in [6.07, 6.45) is -0.234. The highest BCUT2D eigenvalue weighted by Crippen LogP contribution is 2.28. The Bertz CT molecular complexity index is 826. The van der Waals surface area contributed by atoms with E-state index in [0.717, 1.165) is 0 Å². The van der Waals surface area contributed by atoms with Crippen molar-refractivity contribution in [2.24, 2.45) is 0 Å². The maximum Gasteiger partial charge on any atom is 0.245 e. The van der Waals surface area contributed by atoms with E-state index in [9.17, 15) is 14.0 Å². The first kappa shape index (κ1) is 18.4. The van der Waals surface area contributed by atoms with E-state index in [-0.39, 0.29) is 17.9 Å². The van der Waals surface area contributed by atoms with Crippen molar-refractivity contribution in [2.45, 2.75) is 26.0 Å². The predicted molar refractivity (Wildman–Crippen MR) is 97.6 cm³/mol. The first-order valence-corrected chi connectivity index (χ1v) is 9.01. The van der Waals surface area contributed by atoms with E-state index >= 15 is 0 Å². The number of hydrogen-bond acceptors (Lipinski definition) is 6. The lowest BCUT2D eigenvalue weighted by atomic mass is 10.1. The van der Waals surface area contributed by atoms with Gasteiger partial charge in [0.15, 0.2) is 5.13 Å². The number of ether oxygens (including phenoxy) is 1. The molecule has 0 bridgehead atoms. The zero-order valence-electron chi connectivity index (χ0n) is 14.3. The summed E-state index contributed by atoms with van der Waals surface area (Å²) in [5.41, 5.74) is 1.08. The van der Waals surface area contributed by atoms with Gasteiger partial charge in [-0.2, -0.15) is 0 Å². The molecule has 2 aromatic rings. The quantitative estimate of drug-likeness (QED) is 0.759. The maximum absolute atomic E-state index is 14.3. The van der Waals surface area contributed by atoms with Crippen LogP contribution in [0.5, 0.6) is 0 Å². The molecule has 26 heavy (non-hydrogen) atoms. The van der Waals surface area contributed by atoms with Crippen LogP contribution < -0.4 is 16.0 Å². The van der Waals surface area contributed by atoms with Crippen molar-refractivity contribution < 1.29 is 18.7 Å². The number of nitrogens with one attached hydrogen (secondary N) is 3. The summed E-state index contributed by atoms with van der Waals surface area (Å²) in [6, 6.07) is 3.92. The SMILES string of the molecule is CC(=O)Nc1ccc(-c2csc(NC(=O)[C@H]3NCCO[C@@H]3C)n2)c(F)c1. The molecule has 3 rings (SSSR count). The molecular formula is C17H19FN4O3S. The van der Waals surface area contributed by atoms with Crippen LogP contribution in [0.25, 0.3) is 11.3 Å². The van der Waals surface area contributed by atoms with Gasteiger partial charge in [-0.1, -0.05) is 0 Å². The van der Waals surface area contributed by atoms with Gasteiger partial charge in [-0.3, -0.25) is 9.59 Å². The van der Waals surface area contributed by atoms with Crippen LogP contribution in [0.15, 0.2) is 23.6 Å². The van der Waals surface area contributed by atoms with E-state index < -0.39 is 11.9 Å². The summed E-state index contributed by atoms with van der Waals surface area (Å²) in [6.45, 7) is 4.36. The molecule has 2 heterocycles. The smallest absolute Gasteiger partial charge is 0.245 e. The van der Waals surface area contributed by atoms with E-state index in [4.69, 9.17) is 4.74 Å². The van der Waals surface area contributed by atoms with E-state index in [1.54, 1.807) is 17.5 Å². The molecule has 0 unspecified atom stereocenters. The van der Waals surface area contributed by atoms with Gasteiger partial charge in [0.25, 0.3) is 0 Å². The van der Waals surface area contributed by atoms with Crippen molar-refractivity contribution in [3.63, 3.8) is 0 Å². The van der Waals surface area contributed by atoms with E-state index in [1.807, 2.05) is 6.92 Å². The zero-order chi connectivity index (χ0) is 18.7. The number of hydrogen-bond donors (Lipinski definition) is 3. The highest BCUT2D eigenvalue weighted by Gasteiger charge is 2.28. The molecule has 138 valence electrons. The number of benzene rings is 1. The first-order valence-electron chi connectivity index (χ1n) is 8.13. The lowest BCUT2D eigenvalue weighted by Gasteiger charge is -2.28. The van der Waals surface area contributed by atoms with Gasteiger partial charge in [0.1, 0.15) is 11.9 Å². The Morgan fingerprint density at radius 1 is 1.38 bits per heavy atom. The summed E-state index contributed by atoms with van der Waals surface area (Å²) < 4.78 is 19.8. The van der Waals surface area contributed by atoms with Crippen LogP contribution in [-0.4, -0.2) is 42.1 Å². The molecule has 1 saturated heterocycles.